The van der Waals surface area contributed by atoms with E-state index in [4.69, 9.17) is 5.11 Å². The molecule has 1 aliphatic carbocycles. The summed E-state index contributed by atoms with van der Waals surface area (Å²) in [5.74, 6) is 0. The van der Waals surface area contributed by atoms with E-state index in [0.29, 0.717) is 6.04 Å². The Balaban J connectivity index is 2.03. The van der Waals surface area contributed by atoms with Crippen LogP contribution in [0.1, 0.15) is 47.8 Å². The molecule has 1 aromatic heterocycles. The maximum atomic E-state index is 8.78. The summed E-state index contributed by atoms with van der Waals surface area (Å²) in [6.07, 6.45) is 5.47. The average molecular weight is 240 g/mol. The molecule has 0 spiro atoms. The number of aromatic nitrogens is 1. The van der Waals surface area contributed by atoms with Gasteiger partial charge in [0.05, 0.1) is 10.7 Å². The van der Waals surface area contributed by atoms with E-state index in [9.17, 15) is 0 Å². The zero-order chi connectivity index (χ0) is 11.4. The quantitative estimate of drug-likeness (QED) is 0.774. The van der Waals surface area contributed by atoms with Crippen LogP contribution in [0, 0.1) is 0 Å². The first-order chi connectivity index (χ1) is 7.85. The van der Waals surface area contributed by atoms with Crippen LogP contribution < -0.4 is 5.32 Å². The molecule has 0 fully saturated rings. The summed E-state index contributed by atoms with van der Waals surface area (Å²) in [5, 5.41) is 13.6. The van der Waals surface area contributed by atoms with E-state index in [0.717, 1.165) is 25.8 Å². The van der Waals surface area contributed by atoms with E-state index < -0.39 is 0 Å². The number of aliphatic hydroxyl groups is 1. The van der Waals surface area contributed by atoms with Gasteiger partial charge in [0.25, 0.3) is 0 Å². The normalized spacial score (nSPS) is 19.8. The van der Waals surface area contributed by atoms with Crippen LogP contribution in [-0.4, -0.2) is 23.2 Å². The molecule has 4 heteroatoms. The van der Waals surface area contributed by atoms with Crippen molar-refractivity contribution in [3.8, 4) is 0 Å². The summed E-state index contributed by atoms with van der Waals surface area (Å²) >= 11 is 1.87. The van der Waals surface area contributed by atoms with E-state index in [1.54, 1.807) is 0 Å². The van der Waals surface area contributed by atoms with Gasteiger partial charge in [-0.1, -0.05) is 6.92 Å². The van der Waals surface area contributed by atoms with Crippen LogP contribution in [0.3, 0.4) is 0 Å². The van der Waals surface area contributed by atoms with Gasteiger partial charge in [-0.15, -0.1) is 11.3 Å². The summed E-state index contributed by atoms with van der Waals surface area (Å²) in [6, 6.07) is 0.480. The monoisotopic (exact) mass is 240 g/mol. The minimum Gasteiger partial charge on any atom is -0.396 e. The van der Waals surface area contributed by atoms with Crippen molar-refractivity contribution in [1.82, 2.24) is 10.3 Å². The van der Waals surface area contributed by atoms with Crippen LogP contribution in [0.4, 0.5) is 0 Å². The minimum absolute atomic E-state index is 0.273. The lowest BCUT2D eigenvalue weighted by atomic mass is 9.98. The largest absolute Gasteiger partial charge is 0.396 e. The molecule has 1 aliphatic rings. The maximum Gasteiger partial charge on any atom is 0.0928 e. The highest BCUT2D eigenvalue weighted by Crippen LogP contribution is 2.34. The predicted octanol–water partition coefficient (Wildman–Crippen LogP) is 2.05. The molecule has 0 saturated heterocycles. The molecule has 3 nitrogen and oxygen atoms in total. The first-order valence-corrected chi connectivity index (χ1v) is 6.99. The van der Waals surface area contributed by atoms with Gasteiger partial charge >= 0.3 is 0 Å². The SMILES string of the molecule is CCc1nc2c(s1)C(NCCCO)CCC2. The maximum absolute atomic E-state index is 8.78. The zero-order valence-corrected chi connectivity index (χ0v) is 10.6. The van der Waals surface area contributed by atoms with E-state index in [-0.39, 0.29) is 6.61 Å². The Morgan fingerprint density at radius 2 is 2.44 bits per heavy atom. The van der Waals surface area contributed by atoms with Crippen molar-refractivity contribution < 1.29 is 5.11 Å². The lowest BCUT2D eigenvalue weighted by molar-refractivity contribution is 0.282. The predicted molar refractivity (Wildman–Crippen MR) is 66.9 cm³/mol. The van der Waals surface area contributed by atoms with Gasteiger partial charge < -0.3 is 10.4 Å². The Bertz CT molecular complexity index is 338. The van der Waals surface area contributed by atoms with Crippen molar-refractivity contribution in [2.24, 2.45) is 0 Å². The Morgan fingerprint density at radius 1 is 1.56 bits per heavy atom. The van der Waals surface area contributed by atoms with Crippen molar-refractivity contribution in [1.29, 1.82) is 0 Å². The number of hydrogen-bond acceptors (Lipinski definition) is 4. The molecule has 2 N–H and O–H groups in total. The molecular formula is C12H20N2OS. The molecule has 0 aliphatic heterocycles. The van der Waals surface area contributed by atoms with Gasteiger partial charge in [0.15, 0.2) is 0 Å². The van der Waals surface area contributed by atoms with E-state index in [1.165, 1.54) is 28.4 Å². The van der Waals surface area contributed by atoms with Gasteiger partial charge in [-0.3, -0.25) is 0 Å². The second-order valence-electron chi connectivity index (χ2n) is 4.25. The molecule has 0 amide bonds. The van der Waals surface area contributed by atoms with Crippen LogP contribution in [0.2, 0.25) is 0 Å². The molecule has 1 heterocycles. The fraction of sp³-hybridized carbons (Fsp3) is 0.750. The van der Waals surface area contributed by atoms with Crippen LogP contribution in [0.5, 0.6) is 0 Å². The molecule has 1 aromatic rings. The molecule has 0 aromatic carbocycles. The molecule has 0 saturated carbocycles. The van der Waals surface area contributed by atoms with Crippen LogP contribution in [0.15, 0.2) is 0 Å². The third-order valence-corrected chi connectivity index (χ3v) is 4.38. The van der Waals surface area contributed by atoms with Crippen LogP contribution in [0.25, 0.3) is 0 Å². The lowest BCUT2D eigenvalue weighted by Gasteiger charge is -2.22. The molecule has 1 unspecified atom stereocenters. The van der Waals surface area contributed by atoms with E-state index in [1.807, 2.05) is 11.3 Å². The Kier molecular flexibility index (Phi) is 4.32. The number of nitrogens with one attached hydrogen (secondary N) is 1. The summed E-state index contributed by atoms with van der Waals surface area (Å²) in [6.45, 7) is 3.34. The summed E-state index contributed by atoms with van der Waals surface area (Å²) in [7, 11) is 0. The number of aliphatic hydroxyl groups excluding tert-OH is 1. The summed E-state index contributed by atoms with van der Waals surface area (Å²) in [5.41, 5.74) is 1.31. The van der Waals surface area contributed by atoms with Crippen LogP contribution in [-0.2, 0) is 12.8 Å². The Morgan fingerprint density at radius 3 is 3.19 bits per heavy atom. The molecule has 16 heavy (non-hydrogen) atoms. The van der Waals surface area contributed by atoms with Crippen molar-refractivity contribution in [3.63, 3.8) is 0 Å². The molecule has 0 bridgehead atoms. The van der Waals surface area contributed by atoms with Gasteiger partial charge in [0.1, 0.15) is 0 Å². The van der Waals surface area contributed by atoms with Gasteiger partial charge in [0.2, 0.25) is 0 Å². The summed E-state index contributed by atoms with van der Waals surface area (Å²) < 4.78 is 0. The number of aryl methyl sites for hydroxylation is 2. The third-order valence-electron chi connectivity index (χ3n) is 3.02. The minimum atomic E-state index is 0.273. The number of nitrogens with zero attached hydrogens (tertiary/aromatic N) is 1. The fourth-order valence-electron chi connectivity index (χ4n) is 2.17. The van der Waals surface area contributed by atoms with Gasteiger partial charge in [-0.05, 0) is 38.6 Å². The second kappa shape index (κ2) is 5.75. The van der Waals surface area contributed by atoms with Crippen molar-refractivity contribution in [2.45, 2.75) is 45.1 Å². The molecule has 90 valence electrons. The number of fused-ring (bicyclic) bond motifs is 1. The highest BCUT2D eigenvalue weighted by molar-refractivity contribution is 7.11. The average Bonchev–Trinajstić information content (AvgIpc) is 2.73. The number of thiazole rings is 1. The zero-order valence-electron chi connectivity index (χ0n) is 9.83. The topological polar surface area (TPSA) is 45.2 Å². The second-order valence-corrected chi connectivity index (χ2v) is 5.36. The molecule has 2 rings (SSSR count). The Labute approximate surface area is 101 Å². The van der Waals surface area contributed by atoms with E-state index >= 15 is 0 Å². The standard InChI is InChI=1S/C12H20N2OS/c1-2-11-14-10-6-3-5-9(12(10)16-11)13-7-4-8-15/h9,13,15H,2-8H2,1H3. The first kappa shape index (κ1) is 12.0. The Hall–Kier alpha value is -0.450. The van der Waals surface area contributed by atoms with Gasteiger partial charge in [-0.2, -0.15) is 0 Å². The van der Waals surface area contributed by atoms with Crippen molar-refractivity contribution >= 4 is 11.3 Å². The third kappa shape index (κ3) is 2.62. The fourth-order valence-corrected chi connectivity index (χ4v) is 3.33. The molecular weight excluding hydrogens is 220 g/mol. The number of hydrogen-bond donors (Lipinski definition) is 2. The van der Waals surface area contributed by atoms with Crippen molar-refractivity contribution in [3.05, 3.63) is 15.6 Å². The van der Waals surface area contributed by atoms with Gasteiger partial charge in [-0.25, -0.2) is 4.98 Å². The smallest absolute Gasteiger partial charge is 0.0928 e. The van der Waals surface area contributed by atoms with Gasteiger partial charge in [0, 0.05) is 17.5 Å². The molecule has 0 radical (unpaired) electrons. The lowest BCUT2D eigenvalue weighted by Crippen LogP contribution is -2.25. The highest BCUT2D eigenvalue weighted by atomic mass is 32.1. The summed E-state index contributed by atoms with van der Waals surface area (Å²) in [4.78, 5) is 6.12. The highest BCUT2D eigenvalue weighted by Gasteiger charge is 2.23. The number of rotatable bonds is 5. The van der Waals surface area contributed by atoms with E-state index in [2.05, 4.69) is 17.2 Å². The molecule has 1 atom stereocenters. The van der Waals surface area contributed by atoms with Crippen molar-refractivity contribution in [2.75, 3.05) is 13.2 Å². The first-order valence-electron chi connectivity index (χ1n) is 6.18. The van der Waals surface area contributed by atoms with Crippen LogP contribution >= 0.6 is 11.3 Å².